The summed E-state index contributed by atoms with van der Waals surface area (Å²) in [6.07, 6.45) is 3.47. The van der Waals surface area contributed by atoms with Gasteiger partial charge in [-0.25, -0.2) is 0 Å². The van der Waals surface area contributed by atoms with Crippen molar-refractivity contribution in [2.24, 2.45) is 0 Å². The Labute approximate surface area is 94.3 Å². The summed E-state index contributed by atoms with van der Waals surface area (Å²) in [6.45, 7) is 1.98. The molecule has 0 fully saturated rings. The van der Waals surface area contributed by atoms with Crippen LogP contribution in [0, 0.1) is 6.92 Å². The molecule has 82 valence electrons. The maximum Gasteiger partial charge on any atom is 0.123 e. The number of aryl methyl sites for hydroxylation is 1. The van der Waals surface area contributed by atoms with Crippen molar-refractivity contribution in [3.05, 3.63) is 42.2 Å². The highest BCUT2D eigenvalue weighted by molar-refractivity contribution is 5.73. The van der Waals surface area contributed by atoms with Crippen LogP contribution in [0.5, 0.6) is 11.5 Å². The fraction of sp³-hybridized carbons (Fsp3) is 0.154. The lowest BCUT2D eigenvalue weighted by Gasteiger charge is -2.09. The molecule has 0 unspecified atom stereocenters. The number of aromatic hydroxyl groups is 1. The van der Waals surface area contributed by atoms with Gasteiger partial charge in [0.15, 0.2) is 0 Å². The first-order chi connectivity index (χ1) is 7.72. The number of aromatic nitrogens is 1. The second-order valence-corrected chi connectivity index (χ2v) is 3.57. The fourth-order valence-electron chi connectivity index (χ4n) is 1.60. The maximum atomic E-state index is 9.83. The van der Waals surface area contributed by atoms with Crippen molar-refractivity contribution in [3.63, 3.8) is 0 Å². The summed E-state index contributed by atoms with van der Waals surface area (Å²) in [5, 5.41) is 9.83. The first-order valence-corrected chi connectivity index (χ1v) is 5.00. The molecule has 1 aromatic heterocycles. The average molecular weight is 215 g/mol. The number of methoxy groups -OCH3 is 1. The monoisotopic (exact) mass is 215 g/mol. The molecule has 1 heterocycles. The molecule has 0 aliphatic heterocycles. The highest BCUT2D eigenvalue weighted by Crippen LogP contribution is 2.33. The molecule has 0 radical (unpaired) electrons. The molecule has 1 aromatic carbocycles. The average Bonchev–Trinajstić information content (AvgIpc) is 2.31. The van der Waals surface area contributed by atoms with Gasteiger partial charge in [0, 0.05) is 23.5 Å². The summed E-state index contributed by atoms with van der Waals surface area (Å²) in [5.41, 5.74) is 2.72. The molecule has 0 spiro atoms. The topological polar surface area (TPSA) is 42.4 Å². The molecule has 2 aromatic rings. The molecule has 16 heavy (non-hydrogen) atoms. The van der Waals surface area contributed by atoms with Crippen LogP contribution in [0.1, 0.15) is 5.56 Å². The van der Waals surface area contributed by atoms with Gasteiger partial charge in [0.1, 0.15) is 11.5 Å². The number of ether oxygens (including phenoxy) is 1. The summed E-state index contributed by atoms with van der Waals surface area (Å²) in [7, 11) is 1.60. The SMILES string of the molecule is COc1ccc(O)c(-c2cnccc2C)c1. The van der Waals surface area contributed by atoms with E-state index in [0.29, 0.717) is 0 Å². The van der Waals surface area contributed by atoms with Crippen molar-refractivity contribution < 1.29 is 9.84 Å². The van der Waals surface area contributed by atoms with Crippen LogP contribution < -0.4 is 4.74 Å². The Kier molecular flexibility index (Phi) is 2.77. The van der Waals surface area contributed by atoms with E-state index in [2.05, 4.69) is 4.98 Å². The number of hydrogen-bond donors (Lipinski definition) is 1. The molecule has 0 bridgehead atoms. The maximum absolute atomic E-state index is 9.83. The molecule has 0 atom stereocenters. The molecule has 0 saturated heterocycles. The van der Waals surface area contributed by atoms with Crippen LogP contribution >= 0.6 is 0 Å². The lowest BCUT2D eigenvalue weighted by Crippen LogP contribution is -1.88. The van der Waals surface area contributed by atoms with Crippen LogP contribution in [0.25, 0.3) is 11.1 Å². The van der Waals surface area contributed by atoms with Crippen molar-refractivity contribution in [1.29, 1.82) is 0 Å². The smallest absolute Gasteiger partial charge is 0.123 e. The van der Waals surface area contributed by atoms with E-state index in [1.54, 1.807) is 37.7 Å². The van der Waals surface area contributed by atoms with Crippen LogP contribution in [0.3, 0.4) is 0 Å². The third-order valence-corrected chi connectivity index (χ3v) is 2.53. The summed E-state index contributed by atoms with van der Waals surface area (Å²) in [4.78, 5) is 4.07. The Morgan fingerprint density at radius 3 is 2.69 bits per heavy atom. The molecule has 0 amide bonds. The van der Waals surface area contributed by atoms with E-state index in [4.69, 9.17) is 4.74 Å². The van der Waals surface area contributed by atoms with Crippen molar-refractivity contribution in [2.75, 3.05) is 7.11 Å². The lowest BCUT2D eigenvalue weighted by atomic mass is 10.0. The van der Waals surface area contributed by atoms with Crippen LogP contribution in [0.2, 0.25) is 0 Å². The molecule has 3 nitrogen and oxygen atoms in total. The Balaban J connectivity index is 2.59. The summed E-state index contributed by atoms with van der Waals surface area (Å²) in [6, 6.07) is 7.07. The molecular formula is C13H13NO2. The Morgan fingerprint density at radius 1 is 1.19 bits per heavy atom. The molecule has 0 aliphatic rings. The van der Waals surface area contributed by atoms with E-state index in [1.165, 1.54) is 0 Å². The van der Waals surface area contributed by atoms with E-state index >= 15 is 0 Å². The normalized spacial score (nSPS) is 10.1. The van der Waals surface area contributed by atoms with Crippen molar-refractivity contribution in [2.45, 2.75) is 6.92 Å². The van der Waals surface area contributed by atoms with Gasteiger partial charge in [-0.1, -0.05) is 0 Å². The Hall–Kier alpha value is -2.03. The first kappa shape index (κ1) is 10.5. The second-order valence-electron chi connectivity index (χ2n) is 3.57. The van der Waals surface area contributed by atoms with Crippen molar-refractivity contribution in [3.8, 4) is 22.6 Å². The van der Waals surface area contributed by atoms with Crippen LogP contribution in [-0.2, 0) is 0 Å². The summed E-state index contributed by atoms with van der Waals surface area (Å²) < 4.78 is 5.14. The minimum atomic E-state index is 0.233. The van der Waals surface area contributed by atoms with Gasteiger partial charge in [-0.05, 0) is 36.8 Å². The van der Waals surface area contributed by atoms with E-state index in [1.807, 2.05) is 13.0 Å². The molecule has 0 aliphatic carbocycles. The highest BCUT2D eigenvalue weighted by atomic mass is 16.5. The molecule has 0 saturated carbocycles. The molecule has 1 N–H and O–H groups in total. The Morgan fingerprint density at radius 2 is 2.00 bits per heavy atom. The molecule has 3 heteroatoms. The van der Waals surface area contributed by atoms with E-state index in [0.717, 1.165) is 22.4 Å². The van der Waals surface area contributed by atoms with Crippen LogP contribution in [-0.4, -0.2) is 17.2 Å². The van der Waals surface area contributed by atoms with Gasteiger partial charge in [-0.15, -0.1) is 0 Å². The van der Waals surface area contributed by atoms with Gasteiger partial charge in [0.2, 0.25) is 0 Å². The molecular weight excluding hydrogens is 202 g/mol. The molecule has 2 rings (SSSR count). The van der Waals surface area contributed by atoms with Gasteiger partial charge < -0.3 is 9.84 Å². The first-order valence-electron chi connectivity index (χ1n) is 5.00. The van der Waals surface area contributed by atoms with E-state index in [9.17, 15) is 5.11 Å². The van der Waals surface area contributed by atoms with Crippen LogP contribution in [0.4, 0.5) is 0 Å². The number of nitrogens with zero attached hydrogens (tertiary/aromatic N) is 1. The highest BCUT2D eigenvalue weighted by Gasteiger charge is 2.08. The zero-order valence-electron chi connectivity index (χ0n) is 9.27. The standard InChI is InChI=1S/C13H13NO2/c1-9-5-6-14-8-12(9)11-7-10(16-2)3-4-13(11)15/h3-8,15H,1-2H3. The number of phenolic OH excluding ortho intramolecular Hbond substituents is 1. The largest absolute Gasteiger partial charge is 0.507 e. The minimum Gasteiger partial charge on any atom is -0.507 e. The zero-order valence-corrected chi connectivity index (χ0v) is 9.27. The predicted molar refractivity (Wildman–Crippen MR) is 62.6 cm³/mol. The summed E-state index contributed by atoms with van der Waals surface area (Å²) >= 11 is 0. The number of hydrogen-bond acceptors (Lipinski definition) is 3. The summed E-state index contributed by atoms with van der Waals surface area (Å²) in [5.74, 6) is 0.952. The van der Waals surface area contributed by atoms with Gasteiger partial charge in [-0.3, -0.25) is 4.98 Å². The van der Waals surface area contributed by atoms with Crippen molar-refractivity contribution in [1.82, 2.24) is 4.98 Å². The van der Waals surface area contributed by atoms with Gasteiger partial charge >= 0.3 is 0 Å². The quantitative estimate of drug-likeness (QED) is 0.837. The predicted octanol–water partition coefficient (Wildman–Crippen LogP) is 2.77. The van der Waals surface area contributed by atoms with Crippen molar-refractivity contribution >= 4 is 0 Å². The second kappa shape index (κ2) is 4.23. The third kappa shape index (κ3) is 1.84. The zero-order chi connectivity index (χ0) is 11.5. The van der Waals surface area contributed by atoms with Crippen LogP contribution in [0.15, 0.2) is 36.7 Å². The number of phenols is 1. The number of rotatable bonds is 2. The number of benzene rings is 1. The minimum absolute atomic E-state index is 0.233. The Bertz CT molecular complexity index is 509. The van der Waals surface area contributed by atoms with E-state index < -0.39 is 0 Å². The lowest BCUT2D eigenvalue weighted by molar-refractivity contribution is 0.412. The third-order valence-electron chi connectivity index (χ3n) is 2.53. The fourth-order valence-corrected chi connectivity index (χ4v) is 1.60. The van der Waals surface area contributed by atoms with E-state index in [-0.39, 0.29) is 5.75 Å². The van der Waals surface area contributed by atoms with Gasteiger partial charge in [-0.2, -0.15) is 0 Å². The van der Waals surface area contributed by atoms with Gasteiger partial charge in [0.05, 0.1) is 7.11 Å². The number of pyridine rings is 1. The van der Waals surface area contributed by atoms with Gasteiger partial charge in [0.25, 0.3) is 0 Å².